The second-order valence-corrected chi connectivity index (χ2v) is 24.3. The summed E-state index contributed by atoms with van der Waals surface area (Å²) in [5.41, 5.74) is 0. The molecule has 1 rings (SSSR count). The molecule has 0 aliphatic carbocycles. The van der Waals surface area contributed by atoms with Crippen LogP contribution >= 0.6 is 0 Å². The Bertz CT molecular complexity index is 1280. The fraction of sp³-hybridized carbons (Fsp3) is 0.928. The molecule has 7 atom stereocenters. The van der Waals surface area contributed by atoms with Gasteiger partial charge in [0.05, 0.1) is 25.4 Å². The number of aliphatic hydroxyl groups is 5. The van der Waals surface area contributed by atoms with Gasteiger partial charge in [0, 0.05) is 6.42 Å². The minimum absolute atomic E-state index is 0.179. The number of unbranched alkanes of at least 4 members (excludes halogenated alkanes) is 49. The van der Waals surface area contributed by atoms with E-state index in [1.54, 1.807) is 6.08 Å². The van der Waals surface area contributed by atoms with E-state index >= 15 is 0 Å². The van der Waals surface area contributed by atoms with Gasteiger partial charge in [0.25, 0.3) is 0 Å². The molecule has 0 saturated carbocycles. The van der Waals surface area contributed by atoms with Gasteiger partial charge in [-0.2, -0.15) is 0 Å². The zero-order valence-electron chi connectivity index (χ0n) is 51.7. The van der Waals surface area contributed by atoms with E-state index in [0.717, 1.165) is 38.5 Å². The molecule has 1 heterocycles. The van der Waals surface area contributed by atoms with Crippen LogP contribution in [0.15, 0.2) is 24.3 Å². The highest BCUT2D eigenvalue weighted by molar-refractivity contribution is 5.76. The van der Waals surface area contributed by atoms with Gasteiger partial charge >= 0.3 is 0 Å². The normalized spacial score (nSPS) is 18.7. The van der Waals surface area contributed by atoms with Gasteiger partial charge in [0.2, 0.25) is 5.91 Å². The first-order valence-electron chi connectivity index (χ1n) is 34.6. The lowest BCUT2D eigenvalue weighted by molar-refractivity contribution is -0.302. The molecule has 1 aliphatic rings. The number of nitrogens with one attached hydrogen (secondary N) is 1. The summed E-state index contributed by atoms with van der Waals surface area (Å²) in [6, 6.07) is -0.819. The van der Waals surface area contributed by atoms with Crippen LogP contribution in [0, 0.1) is 0 Å². The van der Waals surface area contributed by atoms with Crippen molar-refractivity contribution < 1.29 is 39.8 Å². The Kier molecular flexibility index (Phi) is 56.3. The third kappa shape index (κ3) is 47.2. The predicted molar refractivity (Wildman–Crippen MR) is 332 cm³/mol. The number of hydrogen-bond donors (Lipinski definition) is 6. The van der Waals surface area contributed by atoms with Gasteiger partial charge in [-0.05, 0) is 32.1 Å². The maximum atomic E-state index is 13.1. The average Bonchev–Trinajstić information content (AvgIpc) is 3.45. The largest absolute Gasteiger partial charge is 0.394 e. The maximum Gasteiger partial charge on any atom is 0.220 e. The van der Waals surface area contributed by atoms with E-state index in [1.807, 2.05) is 6.08 Å². The van der Waals surface area contributed by atoms with Crippen molar-refractivity contribution in [3.05, 3.63) is 24.3 Å². The number of carbonyl (C=O) groups is 1. The van der Waals surface area contributed by atoms with Crippen molar-refractivity contribution in [2.75, 3.05) is 13.2 Å². The summed E-state index contributed by atoms with van der Waals surface area (Å²) in [5.74, 6) is -0.179. The molecule has 9 nitrogen and oxygen atoms in total. The standard InChI is InChI=1S/C69H133NO8/c1-3-5-7-9-11-13-15-17-19-21-22-23-24-25-26-27-28-29-30-31-32-33-34-35-36-37-38-39-40-41-42-43-45-47-49-51-53-55-57-59-65(73)70-62(61-77-69-68(76)67(75)66(74)64(60-71)78-69)63(72)58-56-54-52-50-48-46-44-20-18-16-14-12-10-8-6-4-2/h48,50,56,58,62-64,66-69,71-72,74-76H,3-47,49,51-55,57,59-61H2,1-2H3,(H,70,73)/b50-48+,58-56+. The number of rotatable bonds is 61. The van der Waals surface area contributed by atoms with Gasteiger partial charge in [-0.15, -0.1) is 0 Å². The fourth-order valence-electron chi connectivity index (χ4n) is 11.4. The van der Waals surface area contributed by atoms with Gasteiger partial charge in [0.15, 0.2) is 6.29 Å². The smallest absolute Gasteiger partial charge is 0.220 e. The van der Waals surface area contributed by atoms with Crippen LogP contribution in [0.25, 0.3) is 0 Å². The Morgan fingerprint density at radius 2 is 0.731 bits per heavy atom. The highest BCUT2D eigenvalue weighted by Gasteiger charge is 2.44. The van der Waals surface area contributed by atoms with Crippen molar-refractivity contribution in [2.24, 2.45) is 0 Å². The van der Waals surface area contributed by atoms with Gasteiger partial charge in [-0.1, -0.05) is 340 Å². The molecular weight excluding hydrogens is 971 g/mol. The molecule has 0 aromatic rings. The summed E-state index contributed by atoms with van der Waals surface area (Å²) < 4.78 is 11.3. The lowest BCUT2D eigenvalue weighted by Gasteiger charge is -2.40. The number of carbonyl (C=O) groups excluding carboxylic acids is 1. The summed E-state index contributed by atoms with van der Waals surface area (Å²) in [7, 11) is 0. The van der Waals surface area contributed by atoms with Crippen LogP contribution in [0.4, 0.5) is 0 Å². The second-order valence-electron chi connectivity index (χ2n) is 24.3. The molecule has 0 aromatic carbocycles. The van der Waals surface area contributed by atoms with E-state index in [1.165, 1.54) is 295 Å². The van der Waals surface area contributed by atoms with Crippen LogP contribution in [0.1, 0.15) is 354 Å². The van der Waals surface area contributed by atoms with Crippen LogP contribution in [0.2, 0.25) is 0 Å². The van der Waals surface area contributed by atoms with Crippen molar-refractivity contribution in [1.82, 2.24) is 5.32 Å². The predicted octanol–water partition coefficient (Wildman–Crippen LogP) is 18.5. The molecular formula is C69H133NO8. The quantitative estimate of drug-likeness (QED) is 0.0261. The van der Waals surface area contributed by atoms with Crippen molar-refractivity contribution in [3.63, 3.8) is 0 Å². The highest BCUT2D eigenvalue weighted by Crippen LogP contribution is 2.23. The summed E-state index contributed by atoms with van der Waals surface area (Å²) >= 11 is 0. The van der Waals surface area contributed by atoms with E-state index in [4.69, 9.17) is 9.47 Å². The number of allylic oxidation sites excluding steroid dienone is 3. The van der Waals surface area contributed by atoms with Crippen molar-refractivity contribution in [1.29, 1.82) is 0 Å². The molecule has 1 fully saturated rings. The number of hydrogen-bond acceptors (Lipinski definition) is 8. The van der Waals surface area contributed by atoms with Crippen LogP contribution in [-0.4, -0.2) is 87.5 Å². The van der Waals surface area contributed by atoms with Crippen LogP contribution in [-0.2, 0) is 14.3 Å². The zero-order chi connectivity index (χ0) is 56.5. The van der Waals surface area contributed by atoms with Gasteiger partial charge in [-0.3, -0.25) is 4.79 Å². The molecule has 0 bridgehead atoms. The van der Waals surface area contributed by atoms with Crippen molar-refractivity contribution in [3.8, 4) is 0 Å². The van der Waals surface area contributed by atoms with E-state index in [2.05, 4.69) is 31.3 Å². The lowest BCUT2D eigenvalue weighted by atomic mass is 9.99. The molecule has 0 spiro atoms. The Morgan fingerprint density at radius 1 is 0.423 bits per heavy atom. The molecule has 9 heteroatoms. The minimum Gasteiger partial charge on any atom is -0.394 e. The van der Waals surface area contributed by atoms with Crippen LogP contribution in [0.3, 0.4) is 0 Å². The van der Waals surface area contributed by atoms with Gasteiger partial charge in [-0.25, -0.2) is 0 Å². The number of ether oxygens (including phenoxy) is 2. The Hall–Kier alpha value is -1.33. The van der Waals surface area contributed by atoms with E-state index in [9.17, 15) is 30.3 Å². The fourth-order valence-corrected chi connectivity index (χ4v) is 11.4. The second kappa shape index (κ2) is 58.9. The lowest BCUT2D eigenvalue weighted by Crippen LogP contribution is -2.60. The minimum atomic E-state index is -1.57. The van der Waals surface area contributed by atoms with E-state index in [-0.39, 0.29) is 12.5 Å². The van der Waals surface area contributed by atoms with Crippen molar-refractivity contribution >= 4 is 5.91 Å². The molecule has 462 valence electrons. The van der Waals surface area contributed by atoms with E-state index in [0.29, 0.717) is 6.42 Å². The highest BCUT2D eigenvalue weighted by atomic mass is 16.7. The molecule has 0 aromatic heterocycles. The first-order valence-corrected chi connectivity index (χ1v) is 34.6. The molecule has 7 unspecified atom stereocenters. The monoisotopic (exact) mass is 1100 g/mol. The number of amides is 1. The first-order chi connectivity index (χ1) is 38.3. The summed E-state index contributed by atoms with van der Waals surface area (Å²) in [6.07, 6.45) is 70.3. The zero-order valence-corrected chi connectivity index (χ0v) is 51.7. The Labute approximate surface area is 483 Å². The molecule has 0 radical (unpaired) electrons. The maximum absolute atomic E-state index is 13.1. The number of aliphatic hydroxyl groups excluding tert-OH is 5. The Morgan fingerprint density at radius 3 is 1.08 bits per heavy atom. The van der Waals surface area contributed by atoms with E-state index < -0.39 is 49.5 Å². The van der Waals surface area contributed by atoms with Gasteiger partial charge in [0.1, 0.15) is 24.4 Å². The van der Waals surface area contributed by atoms with Crippen LogP contribution in [0.5, 0.6) is 0 Å². The summed E-state index contributed by atoms with van der Waals surface area (Å²) in [6.45, 7) is 3.80. The molecule has 1 amide bonds. The SMILES string of the molecule is CCCCCCCCCCCC/C=C/CC/C=C/C(O)C(COC1OC(CO)C(O)C(O)C1O)NC(=O)CCCCCCCCCCCCCCCCCCCCCCCCCCCCCCCCCCCCCCCCC. The van der Waals surface area contributed by atoms with Gasteiger partial charge < -0.3 is 40.3 Å². The third-order valence-corrected chi connectivity index (χ3v) is 16.8. The van der Waals surface area contributed by atoms with Crippen LogP contribution < -0.4 is 5.32 Å². The molecule has 78 heavy (non-hydrogen) atoms. The first kappa shape index (κ1) is 74.7. The summed E-state index contributed by atoms with van der Waals surface area (Å²) in [5, 5.41) is 54.6. The average molecular weight is 1100 g/mol. The molecule has 6 N–H and O–H groups in total. The third-order valence-electron chi connectivity index (χ3n) is 16.8. The summed E-state index contributed by atoms with van der Waals surface area (Å²) in [4.78, 5) is 13.1. The molecule has 1 saturated heterocycles. The molecule has 1 aliphatic heterocycles. The van der Waals surface area contributed by atoms with Crippen molar-refractivity contribution in [2.45, 2.75) is 397 Å². The topological polar surface area (TPSA) is 149 Å². The Balaban J connectivity index is 2.03.